The van der Waals surface area contributed by atoms with Crippen molar-refractivity contribution in [3.63, 3.8) is 0 Å². The molecule has 0 aliphatic rings. The Bertz CT molecular complexity index is 469. The molecule has 3 N–H and O–H groups in total. The fourth-order valence-electron chi connectivity index (χ4n) is 2.16. The molecule has 0 saturated heterocycles. The second kappa shape index (κ2) is 4.71. The van der Waals surface area contributed by atoms with Gasteiger partial charge in [0.1, 0.15) is 0 Å². The van der Waals surface area contributed by atoms with Gasteiger partial charge < -0.3 is 10.7 Å². The summed E-state index contributed by atoms with van der Waals surface area (Å²) in [6.07, 6.45) is 5.31. The van der Waals surface area contributed by atoms with Crippen molar-refractivity contribution in [1.29, 1.82) is 0 Å². The van der Waals surface area contributed by atoms with Gasteiger partial charge in [-0.15, -0.1) is 0 Å². The molecule has 0 fully saturated rings. The molecule has 86 valence electrons. The van der Waals surface area contributed by atoms with Crippen molar-refractivity contribution in [2.45, 2.75) is 39.2 Å². The second-order valence-corrected chi connectivity index (χ2v) is 4.52. The van der Waals surface area contributed by atoms with E-state index in [9.17, 15) is 0 Å². The van der Waals surface area contributed by atoms with Crippen molar-refractivity contribution in [1.82, 2.24) is 4.98 Å². The number of aromatic amines is 1. The van der Waals surface area contributed by atoms with Crippen LogP contribution in [0.25, 0.3) is 10.9 Å². The lowest BCUT2D eigenvalue weighted by Gasteiger charge is -2.04. The molecule has 0 radical (unpaired) electrons. The zero-order valence-corrected chi connectivity index (χ0v) is 10.1. The average molecular weight is 216 g/mol. The maximum absolute atomic E-state index is 5.80. The third-order valence-corrected chi connectivity index (χ3v) is 3.14. The zero-order chi connectivity index (χ0) is 11.5. The van der Waals surface area contributed by atoms with E-state index < -0.39 is 0 Å². The van der Waals surface area contributed by atoms with E-state index in [4.69, 9.17) is 5.73 Å². The third kappa shape index (κ3) is 2.12. The highest BCUT2D eigenvalue weighted by molar-refractivity contribution is 5.86. The van der Waals surface area contributed by atoms with E-state index in [0.29, 0.717) is 0 Å². The molecule has 16 heavy (non-hydrogen) atoms. The van der Waals surface area contributed by atoms with E-state index >= 15 is 0 Å². The van der Waals surface area contributed by atoms with Gasteiger partial charge in [0.05, 0.1) is 0 Å². The molecule has 2 rings (SSSR count). The molecule has 0 unspecified atom stereocenters. The van der Waals surface area contributed by atoms with Gasteiger partial charge in [0.15, 0.2) is 0 Å². The summed E-state index contributed by atoms with van der Waals surface area (Å²) in [5.41, 5.74) is 9.88. The molecule has 2 heteroatoms. The van der Waals surface area contributed by atoms with Crippen LogP contribution in [0.15, 0.2) is 24.4 Å². The van der Waals surface area contributed by atoms with E-state index in [1.54, 1.807) is 0 Å². The molecule has 2 nitrogen and oxygen atoms in total. The van der Waals surface area contributed by atoms with Gasteiger partial charge in [0.2, 0.25) is 0 Å². The van der Waals surface area contributed by atoms with Gasteiger partial charge in [0, 0.05) is 23.1 Å². The molecule has 1 heterocycles. The predicted molar refractivity (Wildman–Crippen MR) is 69.6 cm³/mol. The molecule has 0 aliphatic heterocycles. The number of fused-ring (bicyclic) bond motifs is 1. The number of hydrogen-bond donors (Lipinski definition) is 2. The first kappa shape index (κ1) is 11.2. The minimum absolute atomic E-state index is 0.277. The molecule has 2 aromatic rings. The average Bonchev–Trinajstić information content (AvgIpc) is 2.69. The standard InChI is InChI=1S/C14H20N2/c1-3-11-5-4-6-13-12(8-7-10(2)15)9-16-14(11)13/h4-6,9-10,16H,3,7-8,15H2,1-2H3/t10-/m1/s1. The zero-order valence-electron chi connectivity index (χ0n) is 10.1. The van der Waals surface area contributed by atoms with Gasteiger partial charge in [-0.05, 0) is 37.3 Å². The lowest BCUT2D eigenvalue weighted by Crippen LogP contribution is -2.15. The van der Waals surface area contributed by atoms with Crippen molar-refractivity contribution >= 4 is 10.9 Å². The van der Waals surface area contributed by atoms with Crippen molar-refractivity contribution in [2.24, 2.45) is 5.73 Å². The topological polar surface area (TPSA) is 41.8 Å². The number of nitrogens with two attached hydrogens (primary N) is 1. The Morgan fingerprint density at radius 3 is 2.81 bits per heavy atom. The van der Waals surface area contributed by atoms with Crippen molar-refractivity contribution in [3.05, 3.63) is 35.5 Å². The highest BCUT2D eigenvalue weighted by Gasteiger charge is 2.06. The van der Waals surface area contributed by atoms with Crippen LogP contribution in [0.2, 0.25) is 0 Å². The predicted octanol–water partition coefficient (Wildman–Crippen LogP) is 3.01. The fraction of sp³-hybridized carbons (Fsp3) is 0.429. The summed E-state index contributed by atoms with van der Waals surface area (Å²) in [6, 6.07) is 6.80. The van der Waals surface area contributed by atoms with Crippen LogP contribution in [0.5, 0.6) is 0 Å². The molecule has 0 saturated carbocycles. The number of H-pyrrole nitrogens is 1. The van der Waals surface area contributed by atoms with Crippen LogP contribution in [-0.2, 0) is 12.8 Å². The Labute approximate surface area is 96.9 Å². The number of aromatic nitrogens is 1. The van der Waals surface area contributed by atoms with Crippen molar-refractivity contribution in [3.8, 4) is 0 Å². The summed E-state index contributed by atoms with van der Waals surface area (Å²) in [6.45, 7) is 4.25. The summed E-state index contributed by atoms with van der Waals surface area (Å²) in [5.74, 6) is 0. The Kier molecular flexibility index (Phi) is 3.30. The number of hydrogen-bond acceptors (Lipinski definition) is 1. The van der Waals surface area contributed by atoms with E-state index in [0.717, 1.165) is 19.3 Å². The van der Waals surface area contributed by atoms with Gasteiger partial charge >= 0.3 is 0 Å². The summed E-state index contributed by atoms with van der Waals surface area (Å²) in [5, 5.41) is 1.36. The van der Waals surface area contributed by atoms with Gasteiger partial charge in [0.25, 0.3) is 0 Å². The van der Waals surface area contributed by atoms with Gasteiger partial charge in [-0.2, -0.15) is 0 Å². The largest absolute Gasteiger partial charge is 0.361 e. The van der Waals surface area contributed by atoms with Gasteiger partial charge in [-0.25, -0.2) is 0 Å². The smallest absolute Gasteiger partial charge is 0.0489 e. The van der Waals surface area contributed by atoms with Gasteiger partial charge in [-0.3, -0.25) is 0 Å². The first-order valence-electron chi connectivity index (χ1n) is 6.05. The first-order valence-corrected chi connectivity index (χ1v) is 6.05. The Hall–Kier alpha value is -1.28. The van der Waals surface area contributed by atoms with Crippen LogP contribution < -0.4 is 5.73 Å². The number of para-hydroxylation sites is 1. The van der Waals surface area contributed by atoms with E-state index in [1.807, 2.05) is 0 Å². The maximum Gasteiger partial charge on any atom is 0.0489 e. The van der Waals surface area contributed by atoms with Crippen molar-refractivity contribution < 1.29 is 0 Å². The SMILES string of the molecule is CCc1cccc2c(CC[C@@H](C)N)c[nH]c12. The lowest BCUT2D eigenvalue weighted by atomic mass is 10.0. The quantitative estimate of drug-likeness (QED) is 0.810. The van der Waals surface area contributed by atoms with Crippen LogP contribution in [0.3, 0.4) is 0 Å². The molecule has 0 bridgehead atoms. The van der Waals surface area contributed by atoms with Crippen LogP contribution in [0, 0.1) is 0 Å². The summed E-state index contributed by atoms with van der Waals surface area (Å²) < 4.78 is 0. The number of nitrogens with one attached hydrogen (secondary N) is 1. The monoisotopic (exact) mass is 216 g/mol. The van der Waals surface area contributed by atoms with Crippen LogP contribution in [0.4, 0.5) is 0 Å². The number of rotatable bonds is 4. The number of benzene rings is 1. The molecule has 1 atom stereocenters. The third-order valence-electron chi connectivity index (χ3n) is 3.14. The highest BCUT2D eigenvalue weighted by Crippen LogP contribution is 2.23. The van der Waals surface area contributed by atoms with E-state index in [2.05, 4.69) is 43.2 Å². The molecule has 1 aromatic heterocycles. The van der Waals surface area contributed by atoms with Gasteiger partial charge in [-0.1, -0.05) is 25.1 Å². The van der Waals surface area contributed by atoms with E-state index in [-0.39, 0.29) is 6.04 Å². The lowest BCUT2D eigenvalue weighted by molar-refractivity contribution is 0.668. The second-order valence-electron chi connectivity index (χ2n) is 4.52. The molecule has 0 amide bonds. The highest BCUT2D eigenvalue weighted by atomic mass is 14.7. The van der Waals surface area contributed by atoms with E-state index in [1.165, 1.54) is 22.0 Å². The normalized spacial score (nSPS) is 13.2. The summed E-state index contributed by atoms with van der Waals surface area (Å²) in [7, 11) is 0. The van der Waals surface area contributed by atoms with Crippen molar-refractivity contribution in [2.75, 3.05) is 0 Å². The van der Waals surface area contributed by atoms with Crippen LogP contribution in [-0.4, -0.2) is 11.0 Å². The maximum atomic E-state index is 5.80. The minimum Gasteiger partial charge on any atom is -0.361 e. The Balaban J connectivity index is 2.34. The molecule has 1 aromatic carbocycles. The molecular weight excluding hydrogens is 196 g/mol. The summed E-state index contributed by atoms with van der Waals surface area (Å²) in [4.78, 5) is 3.39. The first-order chi connectivity index (χ1) is 7.72. The number of aryl methyl sites for hydroxylation is 2. The molecular formula is C14H20N2. The minimum atomic E-state index is 0.277. The van der Waals surface area contributed by atoms with Crippen LogP contribution >= 0.6 is 0 Å². The summed E-state index contributed by atoms with van der Waals surface area (Å²) >= 11 is 0. The molecule has 0 spiro atoms. The molecule has 0 aliphatic carbocycles. The Morgan fingerprint density at radius 1 is 1.31 bits per heavy atom. The van der Waals surface area contributed by atoms with Crippen LogP contribution in [0.1, 0.15) is 31.4 Å². The Morgan fingerprint density at radius 2 is 2.12 bits per heavy atom. The fourth-order valence-corrected chi connectivity index (χ4v) is 2.16.